The standard InChI is InChI=1S/C12H16BrNO2S/c13-11-5-4-10(17-11)2-1-3-12(16)14-7-6-9(15)8-14/h4-5,9,15H,1-3,6-8H2. The lowest BCUT2D eigenvalue weighted by atomic mass is 10.2. The van der Waals surface area contributed by atoms with Crippen molar-refractivity contribution in [1.82, 2.24) is 4.90 Å². The molecular weight excluding hydrogens is 302 g/mol. The first-order valence-electron chi connectivity index (χ1n) is 5.85. The molecule has 1 atom stereocenters. The van der Waals surface area contributed by atoms with Crippen molar-refractivity contribution in [3.8, 4) is 0 Å². The molecule has 0 aliphatic carbocycles. The fourth-order valence-electron chi connectivity index (χ4n) is 2.03. The Balaban J connectivity index is 1.70. The molecule has 1 unspecified atom stereocenters. The van der Waals surface area contributed by atoms with Crippen LogP contribution in [0.3, 0.4) is 0 Å². The molecular formula is C12H16BrNO2S. The van der Waals surface area contributed by atoms with E-state index in [-0.39, 0.29) is 12.0 Å². The van der Waals surface area contributed by atoms with Crippen molar-refractivity contribution >= 4 is 33.2 Å². The Bertz CT molecular complexity index is 394. The number of rotatable bonds is 4. The van der Waals surface area contributed by atoms with Gasteiger partial charge in [-0.2, -0.15) is 0 Å². The van der Waals surface area contributed by atoms with E-state index in [4.69, 9.17) is 0 Å². The summed E-state index contributed by atoms with van der Waals surface area (Å²) in [5.41, 5.74) is 0. The molecule has 1 aliphatic heterocycles. The molecule has 94 valence electrons. The Kier molecular flexibility index (Phi) is 4.59. The van der Waals surface area contributed by atoms with Crippen LogP contribution in [0.5, 0.6) is 0 Å². The third-order valence-corrected chi connectivity index (χ3v) is 4.64. The van der Waals surface area contributed by atoms with E-state index >= 15 is 0 Å². The lowest BCUT2D eigenvalue weighted by Gasteiger charge is -2.14. The van der Waals surface area contributed by atoms with Gasteiger partial charge in [0.25, 0.3) is 0 Å². The smallest absolute Gasteiger partial charge is 0.222 e. The summed E-state index contributed by atoms with van der Waals surface area (Å²) in [6.07, 6.45) is 2.84. The van der Waals surface area contributed by atoms with Gasteiger partial charge in [-0.15, -0.1) is 11.3 Å². The van der Waals surface area contributed by atoms with Gasteiger partial charge < -0.3 is 10.0 Å². The van der Waals surface area contributed by atoms with Crippen molar-refractivity contribution < 1.29 is 9.90 Å². The molecule has 0 saturated carbocycles. The maximum atomic E-state index is 11.8. The molecule has 1 fully saturated rings. The van der Waals surface area contributed by atoms with Crippen LogP contribution in [0.25, 0.3) is 0 Å². The highest BCUT2D eigenvalue weighted by Crippen LogP contribution is 2.23. The predicted molar refractivity (Wildman–Crippen MR) is 72.2 cm³/mol. The molecule has 1 aromatic rings. The minimum Gasteiger partial charge on any atom is -0.391 e. The molecule has 1 aliphatic rings. The summed E-state index contributed by atoms with van der Waals surface area (Å²) in [6.45, 7) is 1.23. The Morgan fingerprint density at radius 1 is 1.59 bits per heavy atom. The van der Waals surface area contributed by atoms with E-state index in [0.717, 1.165) is 23.0 Å². The molecule has 0 spiro atoms. The van der Waals surface area contributed by atoms with E-state index in [0.29, 0.717) is 19.5 Å². The van der Waals surface area contributed by atoms with Gasteiger partial charge >= 0.3 is 0 Å². The number of halogens is 1. The van der Waals surface area contributed by atoms with Gasteiger partial charge in [0.15, 0.2) is 0 Å². The number of hydrogen-bond acceptors (Lipinski definition) is 3. The van der Waals surface area contributed by atoms with Gasteiger partial charge in [-0.05, 0) is 47.3 Å². The van der Waals surface area contributed by atoms with E-state index < -0.39 is 0 Å². The fourth-order valence-corrected chi connectivity index (χ4v) is 3.55. The topological polar surface area (TPSA) is 40.5 Å². The lowest BCUT2D eigenvalue weighted by molar-refractivity contribution is -0.130. The molecule has 1 N–H and O–H groups in total. The summed E-state index contributed by atoms with van der Waals surface area (Å²) >= 11 is 5.15. The molecule has 2 rings (SSSR count). The van der Waals surface area contributed by atoms with Gasteiger partial charge in [0.2, 0.25) is 5.91 Å². The number of aliphatic hydroxyl groups is 1. The molecule has 1 aromatic heterocycles. The Hall–Kier alpha value is -0.390. The first-order valence-corrected chi connectivity index (χ1v) is 7.46. The summed E-state index contributed by atoms with van der Waals surface area (Å²) < 4.78 is 1.14. The highest BCUT2D eigenvalue weighted by atomic mass is 79.9. The summed E-state index contributed by atoms with van der Waals surface area (Å²) in [5, 5.41) is 9.36. The van der Waals surface area contributed by atoms with Gasteiger partial charge in [0.1, 0.15) is 0 Å². The molecule has 3 nitrogen and oxygen atoms in total. The lowest BCUT2D eigenvalue weighted by Crippen LogP contribution is -2.29. The number of β-amino-alcohol motifs (C(OH)–C–C–N with tert-alkyl or cyclic N) is 1. The molecule has 2 heterocycles. The third kappa shape index (κ3) is 3.79. The number of likely N-dealkylation sites (tertiary alicyclic amines) is 1. The van der Waals surface area contributed by atoms with Crippen LogP contribution in [0.15, 0.2) is 15.9 Å². The molecule has 5 heteroatoms. The van der Waals surface area contributed by atoms with Crippen LogP contribution in [-0.4, -0.2) is 35.1 Å². The molecule has 1 saturated heterocycles. The van der Waals surface area contributed by atoms with Gasteiger partial charge in [-0.1, -0.05) is 0 Å². The van der Waals surface area contributed by atoms with Gasteiger partial charge in [0.05, 0.1) is 9.89 Å². The summed E-state index contributed by atoms with van der Waals surface area (Å²) in [5.74, 6) is 0.178. The summed E-state index contributed by atoms with van der Waals surface area (Å²) in [6, 6.07) is 4.14. The highest BCUT2D eigenvalue weighted by molar-refractivity contribution is 9.11. The van der Waals surface area contributed by atoms with Crippen molar-refractivity contribution in [1.29, 1.82) is 0 Å². The van der Waals surface area contributed by atoms with Crippen LogP contribution in [0.1, 0.15) is 24.1 Å². The second-order valence-electron chi connectivity index (χ2n) is 4.34. The average molecular weight is 318 g/mol. The van der Waals surface area contributed by atoms with Crippen molar-refractivity contribution in [2.45, 2.75) is 31.8 Å². The monoisotopic (exact) mass is 317 g/mol. The number of carbonyl (C=O) groups excluding carboxylic acids is 1. The quantitative estimate of drug-likeness (QED) is 0.926. The molecule has 0 aromatic carbocycles. The number of hydrogen-bond donors (Lipinski definition) is 1. The minimum absolute atomic E-state index is 0.178. The zero-order valence-corrected chi connectivity index (χ0v) is 12.0. The number of amides is 1. The summed E-state index contributed by atoms with van der Waals surface area (Å²) in [7, 11) is 0. The van der Waals surface area contributed by atoms with Crippen LogP contribution in [0.4, 0.5) is 0 Å². The first-order chi connectivity index (χ1) is 8.15. The Morgan fingerprint density at radius 3 is 3.00 bits per heavy atom. The van der Waals surface area contributed by atoms with Crippen LogP contribution >= 0.6 is 27.3 Å². The van der Waals surface area contributed by atoms with E-state index in [1.54, 1.807) is 16.2 Å². The largest absolute Gasteiger partial charge is 0.391 e. The number of carbonyl (C=O) groups is 1. The van der Waals surface area contributed by atoms with Gasteiger partial charge in [0, 0.05) is 24.4 Å². The second kappa shape index (κ2) is 5.98. The van der Waals surface area contributed by atoms with Crippen LogP contribution in [-0.2, 0) is 11.2 Å². The molecule has 0 radical (unpaired) electrons. The maximum absolute atomic E-state index is 11.8. The van der Waals surface area contributed by atoms with E-state index in [1.165, 1.54) is 4.88 Å². The predicted octanol–water partition coefficient (Wildman–Crippen LogP) is 2.43. The number of thiophene rings is 1. The molecule has 1 amide bonds. The Labute approximate surface area is 114 Å². The normalized spacial score (nSPS) is 19.9. The van der Waals surface area contributed by atoms with Crippen LogP contribution < -0.4 is 0 Å². The highest BCUT2D eigenvalue weighted by Gasteiger charge is 2.23. The minimum atomic E-state index is -0.313. The number of aliphatic hydroxyl groups excluding tert-OH is 1. The molecule has 17 heavy (non-hydrogen) atoms. The van der Waals surface area contributed by atoms with Crippen LogP contribution in [0, 0.1) is 0 Å². The van der Waals surface area contributed by atoms with Crippen LogP contribution in [0.2, 0.25) is 0 Å². The first kappa shape index (κ1) is 13.1. The Morgan fingerprint density at radius 2 is 2.41 bits per heavy atom. The van der Waals surface area contributed by atoms with Crippen molar-refractivity contribution in [3.63, 3.8) is 0 Å². The van der Waals surface area contributed by atoms with E-state index in [9.17, 15) is 9.90 Å². The van der Waals surface area contributed by atoms with E-state index in [1.807, 2.05) is 6.07 Å². The number of nitrogens with zero attached hydrogens (tertiary/aromatic N) is 1. The van der Waals surface area contributed by atoms with Gasteiger partial charge in [-0.25, -0.2) is 0 Å². The number of aryl methyl sites for hydroxylation is 1. The average Bonchev–Trinajstić information content (AvgIpc) is 2.88. The second-order valence-corrected chi connectivity index (χ2v) is 6.89. The third-order valence-electron chi connectivity index (χ3n) is 2.96. The van der Waals surface area contributed by atoms with E-state index in [2.05, 4.69) is 22.0 Å². The van der Waals surface area contributed by atoms with Crippen molar-refractivity contribution in [3.05, 3.63) is 20.8 Å². The zero-order chi connectivity index (χ0) is 12.3. The molecule has 0 bridgehead atoms. The van der Waals surface area contributed by atoms with Crippen molar-refractivity contribution in [2.24, 2.45) is 0 Å². The summed E-state index contributed by atoms with van der Waals surface area (Å²) in [4.78, 5) is 14.9. The van der Waals surface area contributed by atoms with Crippen molar-refractivity contribution in [2.75, 3.05) is 13.1 Å². The zero-order valence-electron chi connectivity index (χ0n) is 9.56. The maximum Gasteiger partial charge on any atom is 0.222 e. The van der Waals surface area contributed by atoms with Gasteiger partial charge in [-0.3, -0.25) is 4.79 Å². The fraction of sp³-hybridized carbons (Fsp3) is 0.583. The SMILES string of the molecule is O=C(CCCc1ccc(Br)s1)N1CCC(O)C1.